The summed E-state index contributed by atoms with van der Waals surface area (Å²) in [4.78, 5) is 0. The largest absolute Gasteiger partial charge is 0.396 e. The molecule has 1 N–H and O–H groups in total. The van der Waals surface area contributed by atoms with E-state index in [2.05, 4.69) is 13.8 Å². The highest BCUT2D eigenvalue weighted by Gasteiger charge is 2.48. The average molecular weight is 168 g/mol. The normalized spacial score (nSPS) is 44.8. The number of aliphatic hydroxyl groups is 1. The van der Waals surface area contributed by atoms with Crippen molar-refractivity contribution in [3.63, 3.8) is 0 Å². The highest BCUT2D eigenvalue weighted by molar-refractivity contribution is 4.97. The van der Waals surface area contributed by atoms with Gasteiger partial charge in [0.1, 0.15) is 0 Å². The topological polar surface area (TPSA) is 20.2 Å². The maximum atomic E-state index is 9.35. The zero-order valence-electron chi connectivity index (χ0n) is 8.21. The summed E-state index contributed by atoms with van der Waals surface area (Å²) in [5, 5.41) is 9.35. The summed E-state index contributed by atoms with van der Waals surface area (Å²) >= 11 is 0. The summed E-state index contributed by atoms with van der Waals surface area (Å²) < 4.78 is 0. The molecule has 3 aliphatic carbocycles. The van der Waals surface area contributed by atoms with E-state index in [0.717, 1.165) is 11.8 Å². The van der Waals surface area contributed by atoms with Gasteiger partial charge in [0.25, 0.3) is 0 Å². The van der Waals surface area contributed by atoms with Crippen molar-refractivity contribution in [2.75, 3.05) is 6.61 Å². The van der Waals surface area contributed by atoms with Gasteiger partial charge < -0.3 is 5.11 Å². The Kier molecular flexibility index (Phi) is 1.95. The van der Waals surface area contributed by atoms with Crippen LogP contribution in [0.4, 0.5) is 0 Å². The van der Waals surface area contributed by atoms with Crippen LogP contribution in [0.25, 0.3) is 0 Å². The number of fused-ring (bicyclic) bond motifs is 3. The maximum Gasteiger partial charge on any atom is 0.0467 e. The molecule has 12 heavy (non-hydrogen) atoms. The summed E-state index contributed by atoms with van der Waals surface area (Å²) in [5.74, 6) is 2.31. The van der Waals surface area contributed by atoms with Gasteiger partial charge in [0.05, 0.1) is 0 Å². The molecule has 0 saturated heterocycles. The standard InChI is InChI=1S/C11H20O/c1-11(2)9-5-3-8(4-6-9)10(11)7-12/h8-10,12H,3-7H2,1-2H3. The Morgan fingerprint density at radius 2 is 1.75 bits per heavy atom. The van der Waals surface area contributed by atoms with Crippen molar-refractivity contribution in [2.45, 2.75) is 39.5 Å². The first-order chi connectivity index (χ1) is 5.66. The molecule has 0 aliphatic heterocycles. The van der Waals surface area contributed by atoms with Gasteiger partial charge in [-0.1, -0.05) is 13.8 Å². The van der Waals surface area contributed by atoms with Gasteiger partial charge in [0.15, 0.2) is 0 Å². The second-order valence-corrected chi connectivity index (χ2v) is 5.22. The molecule has 0 radical (unpaired) electrons. The lowest BCUT2D eigenvalue weighted by Crippen LogP contribution is -2.47. The van der Waals surface area contributed by atoms with Crippen molar-refractivity contribution in [1.29, 1.82) is 0 Å². The van der Waals surface area contributed by atoms with Crippen LogP contribution in [0.15, 0.2) is 0 Å². The molecule has 0 spiro atoms. The van der Waals surface area contributed by atoms with Crippen molar-refractivity contribution >= 4 is 0 Å². The molecule has 0 amide bonds. The molecular formula is C11H20O. The van der Waals surface area contributed by atoms with E-state index in [1.165, 1.54) is 25.7 Å². The van der Waals surface area contributed by atoms with E-state index >= 15 is 0 Å². The number of rotatable bonds is 1. The number of hydrogen-bond acceptors (Lipinski definition) is 1. The Bertz CT molecular complexity index is 166. The molecule has 3 rings (SSSR count). The first kappa shape index (κ1) is 8.55. The average Bonchev–Trinajstić information content (AvgIpc) is 2.05. The first-order valence-electron chi connectivity index (χ1n) is 5.27. The van der Waals surface area contributed by atoms with E-state index in [0.29, 0.717) is 17.9 Å². The lowest BCUT2D eigenvalue weighted by Gasteiger charge is -2.54. The van der Waals surface area contributed by atoms with Gasteiger partial charge in [0, 0.05) is 6.61 Å². The van der Waals surface area contributed by atoms with Crippen molar-refractivity contribution in [2.24, 2.45) is 23.2 Å². The molecule has 0 heterocycles. The van der Waals surface area contributed by atoms with Crippen LogP contribution in [-0.4, -0.2) is 11.7 Å². The van der Waals surface area contributed by atoms with Gasteiger partial charge in [0.2, 0.25) is 0 Å². The second-order valence-electron chi connectivity index (χ2n) is 5.22. The number of hydrogen-bond donors (Lipinski definition) is 1. The van der Waals surface area contributed by atoms with Gasteiger partial charge in [-0.05, 0) is 48.9 Å². The van der Waals surface area contributed by atoms with Crippen LogP contribution in [0.1, 0.15) is 39.5 Å². The van der Waals surface area contributed by atoms with E-state index in [1.807, 2.05) is 0 Å². The lowest BCUT2D eigenvalue weighted by molar-refractivity contribution is -0.0666. The van der Waals surface area contributed by atoms with E-state index in [4.69, 9.17) is 0 Å². The summed E-state index contributed by atoms with van der Waals surface area (Å²) in [5.41, 5.74) is 0.413. The molecule has 2 bridgehead atoms. The third kappa shape index (κ3) is 1.02. The van der Waals surface area contributed by atoms with Crippen molar-refractivity contribution in [3.05, 3.63) is 0 Å². The zero-order valence-corrected chi connectivity index (χ0v) is 8.21. The van der Waals surface area contributed by atoms with Crippen LogP contribution in [0.5, 0.6) is 0 Å². The summed E-state index contributed by atoms with van der Waals surface area (Å²) in [7, 11) is 0. The van der Waals surface area contributed by atoms with Gasteiger partial charge in [-0.3, -0.25) is 0 Å². The molecule has 0 aromatic heterocycles. The lowest BCUT2D eigenvalue weighted by atomic mass is 9.52. The van der Waals surface area contributed by atoms with Crippen LogP contribution >= 0.6 is 0 Å². The molecule has 3 aliphatic rings. The van der Waals surface area contributed by atoms with Gasteiger partial charge in [-0.2, -0.15) is 0 Å². The molecular weight excluding hydrogens is 148 g/mol. The highest BCUT2D eigenvalue weighted by atomic mass is 16.3. The molecule has 1 atom stereocenters. The van der Waals surface area contributed by atoms with E-state index < -0.39 is 0 Å². The van der Waals surface area contributed by atoms with Crippen molar-refractivity contribution in [1.82, 2.24) is 0 Å². The Hall–Kier alpha value is -0.0400. The highest BCUT2D eigenvalue weighted by Crippen LogP contribution is 2.55. The van der Waals surface area contributed by atoms with Crippen LogP contribution in [-0.2, 0) is 0 Å². The van der Waals surface area contributed by atoms with E-state index in [1.54, 1.807) is 0 Å². The van der Waals surface area contributed by atoms with Crippen LogP contribution < -0.4 is 0 Å². The molecule has 3 saturated carbocycles. The molecule has 1 unspecified atom stereocenters. The monoisotopic (exact) mass is 168 g/mol. The Labute approximate surface area is 75.2 Å². The molecule has 0 aromatic rings. The third-order valence-electron chi connectivity index (χ3n) is 4.55. The minimum Gasteiger partial charge on any atom is -0.396 e. The van der Waals surface area contributed by atoms with Gasteiger partial charge >= 0.3 is 0 Å². The van der Waals surface area contributed by atoms with Crippen LogP contribution in [0.3, 0.4) is 0 Å². The Morgan fingerprint density at radius 1 is 1.17 bits per heavy atom. The summed E-state index contributed by atoms with van der Waals surface area (Å²) in [6, 6.07) is 0. The molecule has 70 valence electrons. The van der Waals surface area contributed by atoms with Crippen molar-refractivity contribution < 1.29 is 5.11 Å². The van der Waals surface area contributed by atoms with E-state index in [-0.39, 0.29) is 0 Å². The van der Waals surface area contributed by atoms with Gasteiger partial charge in [-0.15, -0.1) is 0 Å². The summed E-state index contributed by atoms with van der Waals surface area (Å²) in [6.07, 6.45) is 5.57. The minimum atomic E-state index is 0.411. The molecule has 3 fully saturated rings. The zero-order chi connectivity index (χ0) is 8.77. The van der Waals surface area contributed by atoms with E-state index in [9.17, 15) is 5.11 Å². The maximum absolute atomic E-state index is 9.35. The molecule has 0 aromatic carbocycles. The fourth-order valence-corrected chi connectivity index (χ4v) is 3.56. The minimum absolute atomic E-state index is 0.411. The second kappa shape index (κ2) is 2.73. The Balaban J connectivity index is 2.21. The first-order valence-corrected chi connectivity index (χ1v) is 5.27. The fraction of sp³-hybridized carbons (Fsp3) is 1.00. The summed E-state index contributed by atoms with van der Waals surface area (Å²) in [6.45, 7) is 5.11. The quantitative estimate of drug-likeness (QED) is 0.637. The Morgan fingerprint density at radius 3 is 2.08 bits per heavy atom. The SMILES string of the molecule is CC1(C)C2CCC(CC2)C1CO. The molecule has 1 nitrogen and oxygen atoms in total. The fourth-order valence-electron chi connectivity index (χ4n) is 3.56. The van der Waals surface area contributed by atoms with Crippen molar-refractivity contribution in [3.8, 4) is 0 Å². The smallest absolute Gasteiger partial charge is 0.0467 e. The van der Waals surface area contributed by atoms with Crippen LogP contribution in [0, 0.1) is 23.2 Å². The third-order valence-corrected chi connectivity index (χ3v) is 4.55. The van der Waals surface area contributed by atoms with Gasteiger partial charge in [-0.25, -0.2) is 0 Å². The van der Waals surface area contributed by atoms with Crippen LogP contribution in [0.2, 0.25) is 0 Å². The molecule has 1 heteroatoms. The predicted molar refractivity (Wildman–Crippen MR) is 49.8 cm³/mol. The predicted octanol–water partition coefficient (Wildman–Crippen LogP) is 2.44. The number of aliphatic hydroxyl groups excluding tert-OH is 1.